The molecule has 1 aromatic carbocycles. The van der Waals surface area contributed by atoms with E-state index in [1.807, 2.05) is 0 Å². The molecule has 1 aliphatic heterocycles. The minimum atomic E-state index is -0.560. The molecule has 0 bridgehead atoms. The second-order valence-electron chi connectivity index (χ2n) is 4.88. The Labute approximate surface area is 117 Å². The number of anilines is 2. The number of aliphatic hydroxyl groups is 1. The van der Waals surface area contributed by atoms with Crippen molar-refractivity contribution >= 4 is 17.1 Å². The largest absolute Gasteiger partial charge is 0.394 e. The van der Waals surface area contributed by atoms with E-state index in [-0.39, 0.29) is 12.3 Å². The van der Waals surface area contributed by atoms with Crippen molar-refractivity contribution in [2.45, 2.75) is 18.4 Å². The molecule has 1 aromatic rings. The zero-order valence-electron chi connectivity index (χ0n) is 11.4. The smallest absolute Gasteiger partial charge is 0.315 e. The third-order valence-corrected chi connectivity index (χ3v) is 3.64. The molecule has 1 aliphatic rings. The van der Waals surface area contributed by atoms with E-state index in [2.05, 4.69) is 10.6 Å². The summed E-state index contributed by atoms with van der Waals surface area (Å²) < 4.78 is 5.29. The second-order valence-corrected chi connectivity index (χ2v) is 4.88. The van der Waals surface area contributed by atoms with Crippen LogP contribution in [0.4, 0.5) is 17.1 Å². The fraction of sp³-hybridized carbons (Fsp3) is 0.538. The minimum Gasteiger partial charge on any atom is -0.394 e. The summed E-state index contributed by atoms with van der Waals surface area (Å²) in [5, 5.41) is 26.9. The highest BCUT2D eigenvalue weighted by Gasteiger charge is 2.34. The Kier molecular flexibility index (Phi) is 4.41. The molecule has 1 saturated heterocycles. The van der Waals surface area contributed by atoms with Gasteiger partial charge in [-0.05, 0) is 25.0 Å². The number of nitro groups is 1. The number of para-hydroxylation sites is 1. The Bertz CT molecular complexity index is 487. The lowest BCUT2D eigenvalue weighted by Crippen LogP contribution is -2.47. The maximum atomic E-state index is 11.3. The summed E-state index contributed by atoms with van der Waals surface area (Å²) >= 11 is 0. The molecule has 0 aromatic heterocycles. The molecular weight excluding hydrogens is 262 g/mol. The Morgan fingerprint density at radius 1 is 1.40 bits per heavy atom. The summed E-state index contributed by atoms with van der Waals surface area (Å²) in [5.74, 6) is 0. The fourth-order valence-corrected chi connectivity index (χ4v) is 2.41. The third kappa shape index (κ3) is 2.83. The zero-order chi connectivity index (χ0) is 14.6. The number of nitrogens with zero attached hydrogens (tertiary/aromatic N) is 1. The van der Waals surface area contributed by atoms with Gasteiger partial charge in [0.1, 0.15) is 11.4 Å². The first-order valence-corrected chi connectivity index (χ1v) is 6.54. The van der Waals surface area contributed by atoms with E-state index >= 15 is 0 Å². The number of hydrogen-bond donors (Lipinski definition) is 3. The molecule has 7 nitrogen and oxygen atoms in total. The molecule has 7 heteroatoms. The highest BCUT2D eigenvalue weighted by atomic mass is 16.6. The molecule has 0 radical (unpaired) electrons. The Morgan fingerprint density at radius 3 is 2.60 bits per heavy atom. The van der Waals surface area contributed by atoms with Gasteiger partial charge in [0.15, 0.2) is 0 Å². The SMILES string of the molecule is CNc1cccc(NC2(CO)CCOCC2)c1[N+](=O)[O-]. The first kappa shape index (κ1) is 14.5. The van der Waals surface area contributed by atoms with Gasteiger partial charge in [-0.3, -0.25) is 10.1 Å². The maximum absolute atomic E-state index is 11.3. The van der Waals surface area contributed by atoms with Crippen LogP contribution in [0.3, 0.4) is 0 Å². The van der Waals surface area contributed by atoms with Crippen molar-refractivity contribution in [1.82, 2.24) is 0 Å². The van der Waals surface area contributed by atoms with E-state index in [0.29, 0.717) is 37.4 Å². The molecule has 0 atom stereocenters. The average Bonchev–Trinajstić information content (AvgIpc) is 2.47. The highest BCUT2D eigenvalue weighted by Crippen LogP contribution is 2.36. The lowest BCUT2D eigenvalue weighted by molar-refractivity contribution is -0.383. The monoisotopic (exact) mass is 281 g/mol. The average molecular weight is 281 g/mol. The van der Waals surface area contributed by atoms with Crippen molar-refractivity contribution in [3.63, 3.8) is 0 Å². The van der Waals surface area contributed by atoms with Crippen LogP contribution in [0.1, 0.15) is 12.8 Å². The molecule has 1 heterocycles. The normalized spacial score (nSPS) is 17.5. The summed E-state index contributed by atoms with van der Waals surface area (Å²) in [6, 6.07) is 5.05. The first-order valence-electron chi connectivity index (χ1n) is 6.54. The lowest BCUT2D eigenvalue weighted by atomic mass is 9.90. The van der Waals surface area contributed by atoms with Gasteiger partial charge in [-0.1, -0.05) is 6.07 Å². The molecule has 0 spiro atoms. The van der Waals surface area contributed by atoms with Crippen LogP contribution < -0.4 is 10.6 Å². The first-order chi connectivity index (χ1) is 9.62. The highest BCUT2D eigenvalue weighted by molar-refractivity contribution is 5.76. The van der Waals surface area contributed by atoms with Gasteiger partial charge >= 0.3 is 5.69 Å². The summed E-state index contributed by atoms with van der Waals surface area (Å²) in [5.41, 5.74) is 0.294. The van der Waals surface area contributed by atoms with Crippen LogP contribution in [0.15, 0.2) is 18.2 Å². The molecular formula is C13H19N3O4. The number of nitro benzene ring substituents is 1. The molecule has 20 heavy (non-hydrogen) atoms. The molecule has 2 rings (SSSR count). The molecule has 0 amide bonds. The maximum Gasteiger partial charge on any atom is 0.315 e. The summed E-state index contributed by atoms with van der Waals surface area (Å²) in [7, 11) is 1.64. The van der Waals surface area contributed by atoms with E-state index in [9.17, 15) is 15.2 Å². The van der Waals surface area contributed by atoms with Crippen LogP contribution in [-0.4, -0.2) is 42.4 Å². The van der Waals surface area contributed by atoms with Crippen LogP contribution in [0.2, 0.25) is 0 Å². The minimum absolute atomic E-state index is 0.00526. The number of rotatable bonds is 5. The van der Waals surface area contributed by atoms with Crippen molar-refractivity contribution in [1.29, 1.82) is 0 Å². The molecule has 0 unspecified atom stereocenters. The van der Waals surface area contributed by atoms with Gasteiger partial charge in [0.05, 0.1) is 17.1 Å². The Hall–Kier alpha value is -1.86. The quantitative estimate of drug-likeness (QED) is 0.560. The van der Waals surface area contributed by atoms with Crippen LogP contribution in [0, 0.1) is 10.1 Å². The van der Waals surface area contributed by atoms with E-state index in [1.165, 1.54) is 0 Å². The van der Waals surface area contributed by atoms with E-state index in [4.69, 9.17) is 4.74 Å². The van der Waals surface area contributed by atoms with Gasteiger partial charge in [-0.2, -0.15) is 0 Å². The Balaban J connectivity index is 2.34. The molecule has 110 valence electrons. The Morgan fingerprint density at radius 2 is 2.05 bits per heavy atom. The van der Waals surface area contributed by atoms with Crippen LogP contribution in [0.5, 0.6) is 0 Å². The van der Waals surface area contributed by atoms with Crippen molar-refractivity contribution in [3.8, 4) is 0 Å². The standard InChI is InChI=1S/C13H19N3O4/c1-14-10-3-2-4-11(12(10)16(18)19)15-13(9-17)5-7-20-8-6-13/h2-4,14-15,17H,5-9H2,1H3. The van der Waals surface area contributed by atoms with E-state index < -0.39 is 10.5 Å². The van der Waals surface area contributed by atoms with Crippen LogP contribution in [0.25, 0.3) is 0 Å². The molecule has 1 fully saturated rings. The molecule has 0 saturated carbocycles. The van der Waals surface area contributed by atoms with E-state index in [1.54, 1.807) is 25.2 Å². The number of nitrogens with one attached hydrogen (secondary N) is 2. The number of aliphatic hydroxyl groups excluding tert-OH is 1. The third-order valence-electron chi connectivity index (χ3n) is 3.64. The molecule has 3 N–H and O–H groups in total. The predicted octanol–water partition coefficient (Wildman–Crippen LogP) is 1.59. The topological polar surface area (TPSA) is 96.7 Å². The molecule has 0 aliphatic carbocycles. The van der Waals surface area contributed by atoms with Crippen molar-refractivity contribution in [3.05, 3.63) is 28.3 Å². The number of benzene rings is 1. The van der Waals surface area contributed by atoms with Gasteiger partial charge in [0.25, 0.3) is 0 Å². The van der Waals surface area contributed by atoms with Gasteiger partial charge in [0, 0.05) is 20.3 Å². The number of ether oxygens (including phenoxy) is 1. The second kappa shape index (κ2) is 6.06. The predicted molar refractivity (Wildman–Crippen MR) is 76.1 cm³/mol. The summed E-state index contributed by atoms with van der Waals surface area (Å²) in [4.78, 5) is 10.9. The van der Waals surface area contributed by atoms with Crippen molar-refractivity contribution in [2.24, 2.45) is 0 Å². The van der Waals surface area contributed by atoms with E-state index in [0.717, 1.165) is 0 Å². The fourth-order valence-electron chi connectivity index (χ4n) is 2.41. The van der Waals surface area contributed by atoms with Crippen molar-refractivity contribution in [2.75, 3.05) is 37.5 Å². The van der Waals surface area contributed by atoms with Gasteiger partial charge in [0.2, 0.25) is 0 Å². The van der Waals surface area contributed by atoms with Gasteiger partial charge in [-0.15, -0.1) is 0 Å². The zero-order valence-corrected chi connectivity index (χ0v) is 11.4. The lowest BCUT2D eigenvalue weighted by Gasteiger charge is -2.37. The van der Waals surface area contributed by atoms with Gasteiger partial charge < -0.3 is 20.5 Å². The van der Waals surface area contributed by atoms with Gasteiger partial charge in [-0.25, -0.2) is 0 Å². The van der Waals surface area contributed by atoms with Crippen molar-refractivity contribution < 1.29 is 14.8 Å². The number of hydrogen-bond acceptors (Lipinski definition) is 6. The van der Waals surface area contributed by atoms with Crippen LogP contribution in [-0.2, 0) is 4.74 Å². The van der Waals surface area contributed by atoms with Crippen LogP contribution >= 0.6 is 0 Å². The summed E-state index contributed by atoms with van der Waals surface area (Å²) in [6.45, 7) is 0.984. The summed E-state index contributed by atoms with van der Waals surface area (Å²) in [6.07, 6.45) is 1.23.